The van der Waals surface area contributed by atoms with E-state index in [1.54, 1.807) is 12.5 Å². The summed E-state index contributed by atoms with van der Waals surface area (Å²) in [7, 11) is 0. The summed E-state index contributed by atoms with van der Waals surface area (Å²) in [6, 6.07) is 7.19. The van der Waals surface area contributed by atoms with Gasteiger partial charge in [0.15, 0.2) is 5.76 Å². The summed E-state index contributed by atoms with van der Waals surface area (Å²) < 4.78 is 12.0. The first-order valence-corrected chi connectivity index (χ1v) is 7.75. The molecule has 3 aromatic rings. The minimum Gasteiger partial charge on any atom is -0.388 e. The van der Waals surface area contributed by atoms with E-state index >= 15 is 0 Å². The highest BCUT2D eigenvalue weighted by molar-refractivity contribution is 5.70. The van der Waals surface area contributed by atoms with Crippen molar-refractivity contribution in [2.75, 3.05) is 6.54 Å². The van der Waals surface area contributed by atoms with Crippen LogP contribution in [0.1, 0.15) is 6.42 Å². The molecule has 0 bridgehead atoms. The third-order valence-electron chi connectivity index (χ3n) is 3.47. The number of carbonyl (C=O) groups excluding carboxylic acids is 1. The maximum absolute atomic E-state index is 11.7. The van der Waals surface area contributed by atoms with E-state index in [2.05, 4.69) is 15.5 Å². The van der Waals surface area contributed by atoms with Crippen LogP contribution in [0.3, 0.4) is 0 Å². The Kier molecular flexibility index (Phi) is 5.22. The summed E-state index contributed by atoms with van der Waals surface area (Å²) >= 11 is 0. The number of nitrogens with zero attached hydrogens (tertiary/aromatic N) is 4. The second-order valence-electron chi connectivity index (χ2n) is 5.30. The fourth-order valence-corrected chi connectivity index (χ4v) is 2.19. The Labute approximate surface area is 147 Å². The monoisotopic (exact) mass is 357 g/mol. The molecule has 10 nitrogen and oxygen atoms in total. The van der Waals surface area contributed by atoms with E-state index in [0.717, 1.165) is 13.0 Å². The number of hydrogen-bond acceptors (Lipinski definition) is 7. The molecule has 1 aromatic carbocycles. The second kappa shape index (κ2) is 7.92. The first kappa shape index (κ1) is 17.1. The van der Waals surface area contributed by atoms with E-state index in [-0.39, 0.29) is 11.6 Å². The predicted molar refractivity (Wildman–Crippen MR) is 89.5 cm³/mol. The predicted octanol–water partition coefficient (Wildman–Crippen LogP) is 2.63. The van der Waals surface area contributed by atoms with Crippen molar-refractivity contribution in [3.05, 3.63) is 59.2 Å². The van der Waals surface area contributed by atoms with Crippen molar-refractivity contribution in [2.45, 2.75) is 13.0 Å². The number of hydrogen-bond donors (Lipinski definition) is 1. The van der Waals surface area contributed by atoms with Gasteiger partial charge in [0.2, 0.25) is 0 Å². The molecule has 1 N–H and O–H groups in total. The molecule has 134 valence electrons. The number of benzene rings is 1. The molecule has 0 unspecified atom stereocenters. The number of nitro benzene ring substituents is 1. The standard InChI is InChI=1S/C16H15N5O5/c22-16(18-6-1-8-20-9-7-17-11-20)25-15-10-14(26-19-15)12-2-4-13(5-3-12)21(23)24/h2-5,7,9-11H,1,6,8H2,(H,18,22). The van der Waals surface area contributed by atoms with Crippen molar-refractivity contribution in [2.24, 2.45) is 0 Å². The number of amides is 1. The summed E-state index contributed by atoms with van der Waals surface area (Å²) in [5.74, 6) is 0.341. The Hall–Kier alpha value is -3.69. The molecule has 0 aliphatic heterocycles. The lowest BCUT2D eigenvalue weighted by Gasteiger charge is -2.04. The van der Waals surface area contributed by atoms with E-state index < -0.39 is 11.0 Å². The molecule has 2 aromatic heterocycles. The fraction of sp³-hybridized carbons (Fsp3) is 0.188. The number of aromatic nitrogens is 3. The van der Waals surface area contributed by atoms with Crippen LogP contribution in [-0.4, -0.2) is 32.3 Å². The van der Waals surface area contributed by atoms with Gasteiger partial charge in [-0.25, -0.2) is 9.78 Å². The molecule has 0 aliphatic rings. The van der Waals surface area contributed by atoms with Gasteiger partial charge in [-0.2, -0.15) is 0 Å². The van der Waals surface area contributed by atoms with Crippen LogP contribution in [0.15, 0.2) is 53.6 Å². The molecule has 0 aliphatic carbocycles. The molecular weight excluding hydrogens is 342 g/mol. The second-order valence-corrected chi connectivity index (χ2v) is 5.30. The van der Waals surface area contributed by atoms with Crippen LogP contribution in [-0.2, 0) is 6.54 Å². The van der Waals surface area contributed by atoms with E-state index in [1.165, 1.54) is 30.3 Å². The molecule has 0 spiro atoms. The molecule has 0 saturated carbocycles. The van der Waals surface area contributed by atoms with Gasteiger partial charge >= 0.3 is 6.09 Å². The summed E-state index contributed by atoms with van der Waals surface area (Å²) in [4.78, 5) is 25.8. The zero-order valence-electron chi connectivity index (χ0n) is 13.6. The highest BCUT2D eigenvalue weighted by Gasteiger charge is 2.12. The molecule has 3 rings (SSSR count). The molecule has 26 heavy (non-hydrogen) atoms. The van der Waals surface area contributed by atoms with Crippen LogP contribution >= 0.6 is 0 Å². The summed E-state index contributed by atoms with van der Waals surface area (Å²) in [5, 5.41) is 16.9. The smallest absolute Gasteiger partial charge is 0.388 e. The van der Waals surface area contributed by atoms with Crippen LogP contribution in [0.2, 0.25) is 0 Å². The molecule has 1 amide bonds. The van der Waals surface area contributed by atoms with Crippen molar-refractivity contribution in [1.29, 1.82) is 0 Å². The third kappa shape index (κ3) is 4.44. The molecule has 2 heterocycles. The molecule has 0 saturated heterocycles. The molecule has 0 fully saturated rings. The van der Waals surface area contributed by atoms with E-state index in [0.29, 0.717) is 17.9 Å². The largest absolute Gasteiger partial charge is 0.414 e. The molecular formula is C16H15N5O5. The number of non-ortho nitro benzene ring substituents is 1. The summed E-state index contributed by atoms with van der Waals surface area (Å²) in [6.07, 6.45) is 5.31. The number of nitrogens with one attached hydrogen (secondary N) is 1. The van der Waals surface area contributed by atoms with Gasteiger partial charge in [0, 0.05) is 43.2 Å². The van der Waals surface area contributed by atoms with E-state index in [1.807, 2.05) is 10.8 Å². The Bertz CT molecular complexity index is 873. The number of nitro groups is 1. The Morgan fingerprint density at radius 3 is 2.85 bits per heavy atom. The topological polar surface area (TPSA) is 125 Å². The Morgan fingerprint density at radius 1 is 1.35 bits per heavy atom. The zero-order chi connectivity index (χ0) is 18.4. The zero-order valence-corrected chi connectivity index (χ0v) is 13.6. The van der Waals surface area contributed by atoms with Gasteiger partial charge in [-0.1, -0.05) is 0 Å². The van der Waals surface area contributed by atoms with Crippen LogP contribution in [0.4, 0.5) is 10.5 Å². The maximum atomic E-state index is 11.7. The SMILES string of the molecule is O=C(NCCCn1ccnc1)Oc1cc(-c2ccc([N+](=O)[O-])cc2)on1. The number of imidazole rings is 1. The molecule has 0 atom stereocenters. The van der Waals surface area contributed by atoms with Crippen molar-refractivity contribution >= 4 is 11.8 Å². The summed E-state index contributed by atoms with van der Waals surface area (Å²) in [6.45, 7) is 1.17. The normalized spacial score (nSPS) is 10.5. The van der Waals surface area contributed by atoms with Gasteiger partial charge in [0.25, 0.3) is 11.6 Å². The number of carbonyl (C=O) groups is 1. The molecule has 0 radical (unpaired) electrons. The first-order valence-electron chi connectivity index (χ1n) is 7.75. The number of aryl methyl sites for hydroxylation is 1. The van der Waals surface area contributed by atoms with Gasteiger partial charge in [-0.3, -0.25) is 10.1 Å². The van der Waals surface area contributed by atoms with Crippen molar-refractivity contribution in [1.82, 2.24) is 20.0 Å². The number of rotatable bonds is 7. The van der Waals surface area contributed by atoms with Crippen molar-refractivity contribution in [3.8, 4) is 17.2 Å². The minimum atomic E-state index is -0.640. The Morgan fingerprint density at radius 2 is 2.15 bits per heavy atom. The molecule has 10 heteroatoms. The van der Waals surface area contributed by atoms with E-state index in [4.69, 9.17) is 9.26 Å². The Balaban J connectivity index is 1.48. The van der Waals surface area contributed by atoms with Crippen LogP contribution in [0.25, 0.3) is 11.3 Å². The van der Waals surface area contributed by atoms with E-state index in [9.17, 15) is 14.9 Å². The lowest BCUT2D eigenvalue weighted by atomic mass is 10.1. The lowest BCUT2D eigenvalue weighted by Crippen LogP contribution is -2.28. The van der Waals surface area contributed by atoms with Crippen LogP contribution in [0, 0.1) is 10.1 Å². The lowest BCUT2D eigenvalue weighted by molar-refractivity contribution is -0.384. The highest BCUT2D eigenvalue weighted by atomic mass is 16.6. The van der Waals surface area contributed by atoms with Gasteiger partial charge in [-0.05, 0) is 23.7 Å². The summed E-state index contributed by atoms with van der Waals surface area (Å²) in [5.41, 5.74) is 0.554. The van der Waals surface area contributed by atoms with Crippen LogP contribution in [0.5, 0.6) is 5.88 Å². The van der Waals surface area contributed by atoms with Crippen molar-refractivity contribution in [3.63, 3.8) is 0 Å². The third-order valence-corrected chi connectivity index (χ3v) is 3.47. The average molecular weight is 357 g/mol. The van der Waals surface area contributed by atoms with Gasteiger partial charge in [0.1, 0.15) is 0 Å². The highest BCUT2D eigenvalue weighted by Crippen LogP contribution is 2.25. The van der Waals surface area contributed by atoms with Gasteiger partial charge in [-0.15, -0.1) is 0 Å². The minimum absolute atomic E-state index is 0.00506. The average Bonchev–Trinajstić information content (AvgIpc) is 3.31. The van der Waals surface area contributed by atoms with Gasteiger partial charge < -0.3 is 19.1 Å². The van der Waals surface area contributed by atoms with Crippen LogP contribution < -0.4 is 10.1 Å². The van der Waals surface area contributed by atoms with Crippen molar-refractivity contribution < 1.29 is 19.0 Å². The maximum Gasteiger partial charge on any atom is 0.414 e. The fourth-order valence-electron chi connectivity index (χ4n) is 2.19. The quantitative estimate of drug-likeness (QED) is 0.391. The number of ether oxygens (including phenoxy) is 1. The van der Waals surface area contributed by atoms with Gasteiger partial charge in [0.05, 0.1) is 17.3 Å². The first-order chi connectivity index (χ1) is 12.6.